The van der Waals surface area contributed by atoms with E-state index in [1.54, 1.807) is 18.0 Å². The number of nitrogens with zero attached hydrogens (tertiary/aromatic N) is 1. The SMILES string of the molecule is COC(=O)CC1=CN=CC(C)(C)S1. The van der Waals surface area contributed by atoms with Crippen LogP contribution in [0.3, 0.4) is 0 Å². The third-order valence-electron chi connectivity index (χ3n) is 1.54. The van der Waals surface area contributed by atoms with Gasteiger partial charge in [-0.2, -0.15) is 0 Å². The predicted octanol–water partition coefficient (Wildman–Crippen LogP) is 1.99. The molecule has 1 rings (SSSR count). The summed E-state index contributed by atoms with van der Waals surface area (Å²) in [5.74, 6) is -0.216. The molecule has 0 bridgehead atoms. The minimum atomic E-state index is -0.216. The Labute approximate surface area is 82.3 Å². The Balaban J connectivity index is 2.58. The number of hydrogen-bond donors (Lipinski definition) is 0. The monoisotopic (exact) mass is 199 g/mol. The molecular weight excluding hydrogens is 186 g/mol. The molecule has 0 radical (unpaired) electrons. The van der Waals surface area contributed by atoms with Crippen LogP contribution in [0, 0.1) is 0 Å². The topological polar surface area (TPSA) is 38.7 Å². The van der Waals surface area contributed by atoms with Crippen molar-refractivity contribution in [3.05, 3.63) is 11.1 Å². The summed E-state index contributed by atoms with van der Waals surface area (Å²) in [5, 5.41) is 0. The standard InChI is InChI=1S/C9H13NO2S/c1-9(2)6-10-5-7(13-9)4-8(11)12-3/h5-6H,4H2,1-3H3. The van der Waals surface area contributed by atoms with Gasteiger partial charge in [-0.25, -0.2) is 0 Å². The molecule has 0 saturated heterocycles. The Hall–Kier alpha value is -0.770. The Morgan fingerprint density at radius 3 is 2.92 bits per heavy atom. The highest BCUT2D eigenvalue weighted by atomic mass is 32.2. The first kappa shape index (κ1) is 10.3. The lowest BCUT2D eigenvalue weighted by atomic mass is 10.2. The zero-order valence-corrected chi connectivity index (χ0v) is 8.85. The van der Waals surface area contributed by atoms with Crippen molar-refractivity contribution in [2.24, 2.45) is 4.99 Å². The zero-order valence-electron chi connectivity index (χ0n) is 8.03. The van der Waals surface area contributed by atoms with E-state index in [0.29, 0.717) is 6.42 Å². The molecule has 72 valence electrons. The van der Waals surface area contributed by atoms with Crippen LogP contribution in [-0.4, -0.2) is 24.0 Å². The average molecular weight is 199 g/mol. The average Bonchev–Trinajstić information content (AvgIpc) is 2.02. The van der Waals surface area contributed by atoms with Gasteiger partial charge in [0.2, 0.25) is 0 Å². The van der Waals surface area contributed by atoms with Gasteiger partial charge in [-0.3, -0.25) is 9.79 Å². The normalized spacial score (nSPS) is 19.5. The van der Waals surface area contributed by atoms with E-state index in [1.165, 1.54) is 7.11 Å². The van der Waals surface area contributed by atoms with Crippen LogP contribution >= 0.6 is 11.8 Å². The van der Waals surface area contributed by atoms with E-state index in [4.69, 9.17) is 0 Å². The number of esters is 1. The molecular formula is C9H13NO2S. The Bertz CT molecular complexity index is 269. The van der Waals surface area contributed by atoms with E-state index < -0.39 is 0 Å². The molecule has 1 aliphatic rings. The van der Waals surface area contributed by atoms with Crippen LogP contribution in [0.4, 0.5) is 0 Å². The maximum absolute atomic E-state index is 11.0. The van der Waals surface area contributed by atoms with Crippen molar-refractivity contribution in [2.75, 3.05) is 7.11 Å². The summed E-state index contributed by atoms with van der Waals surface area (Å²) in [7, 11) is 1.39. The molecule has 0 aromatic carbocycles. The second-order valence-corrected chi connectivity index (χ2v) is 5.11. The molecule has 0 atom stereocenters. The van der Waals surface area contributed by atoms with Crippen LogP contribution in [0.2, 0.25) is 0 Å². The number of methoxy groups -OCH3 is 1. The van der Waals surface area contributed by atoms with Crippen LogP contribution in [0.25, 0.3) is 0 Å². The molecule has 3 nitrogen and oxygen atoms in total. The van der Waals surface area contributed by atoms with Gasteiger partial charge in [0.1, 0.15) is 0 Å². The molecule has 0 spiro atoms. The largest absolute Gasteiger partial charge is 0.469 e. The molecule has 0 fully saturated rings. The van der Waals surface area contributed by atoms with Crippen LogP contribution in [0.1, 0.15) is 20.3 Å². The summed E-state index contributed by atoms with van der Waals surface area (Å²) in [4.78, 5) is 16.0. The summed E-state index contributed by atoms with van der Waals surface area (Å²) in [5.41, 5.74) is 0. The summed E-state index contributed by atoms with van der Waals surface area (Å²) >= 11 is 1.64. The molecule has 0 unspecified atom stereocenters. The number of ether oxygens (including phenoxy) is 1. The van der Waals surface area contributed by atoms with E-state index in [-0.39, 0.29) is 10.7 Å². The molecule has 0 N–H and O–H groups in total. The molecule has 1 aliphatic heterocycles. The fraction of sp³-hybridized carbons (Fsp3) is 0.556. The Morgan fingerprint density at radius 1 is 1.69 bits per heavy atom. The number of hydrogen-bond acceptors (Lipinski definition) is 4. The minimum Gasteiger partial charge on any atom is -0.469 e. The third kappa shape index (κ3) is 3.22. The van der Waals surface area contributed by atoms with Gasteiger partial charge in [0.05, 0.1) is 13.5 Å². The van der Waals surface area contributed by atoms with Crippen LogP contribution < -0.4 is 0 Å². The number of carbonyl (C=O) groups is 1. The fourth-order valence-electron chi connectivity index (χ4n) is 0.987. The summed E-state index contributed by atoms with van der Waals surface area (Å²) in [6.45, 7) is 4.12. The summed E-state index contributed by atoms with van der Waals surface area (Å²) in [6, 6.07) is 0. The molecule has 4 heteroatoms. The van der Waals surface area contributed by atoms with Crippen molar-refractivity contribution in [2.45, 2.75) is 25.0 Å². The van der Waals surface area contributed by atoms with E-state index >= 15 is 0 Å². The fourth-order valence-corrected chi connectivity index (χ4v) is 2.08. The summed E-state index contributed by atoms with van der Waals surface area (Å²) < 4.78 is 4.56. The lowest BCUT2D eigenvalue weighted by Gasteiger charge is -2.22. The van der Waals surface area contributed by atoms with Crippen molar-refractivity contribution in [3.63, 3.8) is 0 Å². The van der Waals surface area contributed by atoms with Crippen molar-refractivity contribution in [1.29, 1.82) is 0 Å². The van der Waals surface area contributed by atoms with Gasteiger partial charge in [-0.05, 0) is 13.8 Å². The van der Waals surface area contributed by atoms with E-state index in [1.807, 2.05) is 6.21 Å². The first-order valence-corrected chi connectivity index (χ1v) is 4.84. The van der Waals surface area contributed by atoms with Crippen LogP contribution in [0.15, 0.2) is 16.1 Å². The second-order valence-electron chi connectivity index (χ2n) is 3.33. The van der Waals surface area contributed by atoms with Crippen molar-refractivity contribution in [3.8, 4) is 0 Å². The highest BCUT2D eigenvalue weighted by Crippen LogP contribution is 2.34. The third-order valence-corrected chi connectivity index (χ3v) is 2.69. The smallest absolute Gasteiger partial charge is 0.310 e. The molecule has 13 heavy (non-hydrogen) atoms. The first-order chi connectivity index (χ1) is 6.03. The molecule has 0 aromatic rings. The van der Waals surface area contributed by atoms with Gasteiger partial charge in [0, 0.05) is 22.1 Å². The number of aliphatic imine (C=N–C) groups is 1. The van der Waals surface area contributed by atoms with E-state index in [0.717, 1.165) is 4.91 Å². The van der Waals surface area contributed by atoms with Gasteiger partial charge in [-0.1, -0.05) is 0 Å². The number of carbonyl (C=O) groups excluding carboxylic acids is 1. The van der Waals surface area contributed by atoms with E-state index in [2.05, 4.69) is 23.6 Å². The van der Waals surface area contributed by atoms with Crippen molar-refractivity contribution >= 4 is 23.9 Å². The molecule has 1 heterocycles. The molecule has 0 amide bonds. The molecule has 0 aliphatic carbocycles. The molecule has 0 saturated carbocycles. The quantitative estimate of drug-likeness (QED) is 0.638. The van der Waals surface area contributed by atoms with Crippen molar-refractivity contribution < 1.29 is 9.53 Å². The van der Waals surface area contributed by atoms with Gasteiger partial charge in [-0.15, -0.1) is 11.8 Å². The van der Waals surface area contributed by atoms with E-state index in [9.17, 15) is 4.79 Å². The lowest BCUT2D eigenvalue weighted by Crippen LogP contribution is -2.19. The van der Waals surface area contributed by atoms with Gasteiger partial charge >= 0.3 is 5.97 Å². The van der Waals surface area contributed by atoms with Crippen molar-refractivity contribution in [1.82, 2.24) is 0 Å². The number of rotatable bonds is 2. The first-order valence-electron chi connectivity index (χ1n) is 4.03. The van der Waals surface area contributed by atoms with Crippen LogP contribution in [0.5, 0.6) is 0 Å². The number of thioether (sulfide) groups is 1. The molecule has 0 aromatic heterocycles. The maximum atomic E-state index is 11.0. The van der Waals surface area contributed by atoms with Gasteiger partial charge in [0.25, 0.3) is 0 Å². The van der Waals surface area contributed by atoms with Gasteiger partial charge < -0.3 is 4.74 Å². The minimum absolute atomic E-state index is 0.0158. The Kier molecular flexibility index (Phi) is 3.14. The maximum Gasteiger partial charge on any atom is 0.310 e. The summed E-state index contributed by atoms with van der Waals surface area (Å²) in [6.07, 6.45) is 3.91. The highest BCUT2D eigenvalue weighted by molar-refractivity contribution is 8.05. The predicted molar refractivity (Wildman–Crippen MR) is 54.9 cm³/mol. The second kappa shape index (κ2) is 3.96. The van der Waals surface area contributed by atoms with Crippen LogP contribution in [-0.2, 0) is 9.53 Å². The Morgan fingerprint density at radius 2 is 2.38 bits per heavy atom. The highest BCUT2D eigenvalue weighted by Gasteiger charge is 2.22. The van der Waals surface area contributed by atoms with Gasteiger partial charge in [0.15, 0.2) is 0 Å². The zero-order chi connectivity index (χ0) is 9.90. The lowest BCUT2D eigenvalue weighted by molar-refractivity contribution is -0.139.